The lowest BCUT2D eigenvalue weighted by Gasteiger charge is -2.32. The summed E-state index contributed by atoms with van der Waals surface area (Å²) in [4.78, 5) is 27.4. The van der Waals surface area contributed by atoms with Gasteiger partial charge in [-0.3, -0.25) is 13.9 Å². The first-order valence-corrected chi connectivity index (χ1v) is 13.0. The lowest BCUT2D eigenvalue weighted by Crippen LogP contribution is -2.52. The lowest BCUT2D eigenvalue weighted by molar-refractivity contribution is -0.139. The summed E-state index contributed by atoms with van der Waals surface area (Å²) in [6.45, 7) is 4.70. The van der Waals surface area contributed by atoms with E-state index in [9.17, 15) is 18.0 Å². The third kappa shape index (κ3) is 7.78. The minimum absolute atomic E-state index is 0.0536. The van der Waals surface area contributed by atoms with Crippen LogP contribution in [0.1, 0.15) is 26.3 Å². The van der Waals surface area contributed by atoms with Crippen molar-refractivity contribution < 1.29 is 18.0 Å². The molecule has 2 aromatic rings. The summed E-state index contributed by atoms with van der Waals surface area (Å²) >= 11 is 18.2. The highest BCUT2D eigenvalue weighted by molar-refractivity contribution is 7.92. The molecule has 0 saturated carbocycles. The number of anilines is 1. The number of sulfonamides is 1. The molecule has 0 heterocycles. The van der Waals surface area contributed by atoms with Crippen molar-refractivity contribution >= 4 is 62.3 Å². The van der Waals surface area contributed by atoms with Crippen LogP contribution in [0.2, 0.25) is 15.1 Å². The molecule has 0 saturated heterocycles. The third-order valence-electron chi connectivity index (χ3n) is 4.70. The van der Waals surface area contributed by atoms with Gasteiger partial charge >= 0.3 is 0 Å². The van der Waals surface area contributed by atoms with Crippen LogP contribution in [-0.2, 0) is 26.2 Å². The quantitative estimate of drug-likeness (QED) is 0.518. The summed E-state index contributed by atoms with van der Waals surface area (Å²) in [6, 6.07) is 10.2. The van der Waals surface area contributed by atoms with Crippen LogP contribution < -0.4 is 9.62 Å². The summed E-state index contributed by atoms with van der Waals surface area (Å²) in [5.41, 5.74) is 0.800. The molecule has 2 aromatic carbocycles. The van der Waals surface area contributed by atoms with Gasteiger partial charge in [0.25, 0.3) is 0 Å². The highest BCUT2D eigenvalue weighted by Crippen LogP contribution is 2.30. The first-order chi connectivity index (χ1) is 15.3. The molecule has 2 amide bonds. The Labute approximate surface area is 209 Å². The molecule has 2 rings (SSSR count). The smallest absolute Gasteiger partial charge is 0.244 e. The molecule has 1 atom stereocenters. The van der Waals surface area contributed by atoms with Crippen LogP contribution in [0.4, 0.5) is 5.69 Å². The number of amides is 2. The van der Waals surface area contributed by atoms with Gasteiger partial charge in [-0.25, -0.2) is 8.42 Å². The summed E-state index contributed by atoms with van der Waals surface area (Å²) in [5.74, 6) is -0.950. The highest BCUT2D eigenvalue weighted by Gasteiger charge is 2.31. The molecule has 0 aliphatic carbocycles. The average molecular weight is 535 g/mol. The Morgan fingerprint density at radius 1 is 1.00 bits per heavy atom. The Morgan fingerprint density at radius 3 is 2.18 bits per heavy atom. The molecule has 0 spiro atoms. The maximum atomic E-state index is 13.4. The molecule has 0 fully saturated rings. The predicted octanol–water partition coefficient (Wildman–Crippen LogP) is 4.35. The number of carbonyl (C=O) groups excluding carboxylic acids is 2. The summed E-state index contributed by atoms with van der Waals surface area (Å²) in [6.07, 6.45) is 0.974. The van der Waals surface area contributed by atoms with Crippen molar-refractivity contribution in [2.45, 2.75) is 39.4 Å². The van der Waals surface area contributed by atoms with Crippen LogP contribution in [-0.4, -0.2) is 50.0 Å². The van der Waals surface area contributed by atoms with Crippen molar-refractivity contribution in [3.8, 4) is 0 Å². The zero-order valence-electron chi connectivity index (χ0n) is 18.7. The van der Waals surface area contributed by atoms with E-state index in [4.69, 9.17) is 34.8 Å². The molecule has 0 aliphatic heterocycles. The Hall–Kier alpha value is -2.00. The van der Waals surface area contributed by atoms with Gasteiger partial charge in [0.15, 0.2) is 0 Å². The van der Waals surface area contributed by atoms with Gasteiger partial charge in [-0.2, -0.15) is 0 Å². The molecule has 0 bridgehead atoms. The molecule has 0 aromatic heterocycles. The van der Waals surface area contributed by atoms with Crippen LogP contribution in [0, 0.1) is 0 Å². The van der Waals surface area contributed by atoms with Crippen molar-refractivity contribution in [3.63, 3.8) is 0 Å². The van der Waals surface area contributed by atoms with E-state index in [2.05, 4.69) is 5.32 Å². The van der Waals surface area contributed by atoms with E-state index in [1.54, 1.807) is 31.2 Å². The largest absolute Gasteiger partial charge is 0.352 e. The molecule has 1 N–H and O–H groups in total. The normalized spacial score (nSPS) is 12.4. The van der Waals surface area contributed by atoms with Crippen molar-refractivity contribution in [3.05, 3.63) is 63.1 Å². The summed E-state index contributed by atoms with van der Waals surface area (Å²) < 4.78 is 26.0. The Kier molecular flexibility index (Phi) is 9.43. The molecule has 0 radical (unpaired) electrons. The zero-order chi connectivity index (χ0) is 24.9. The van der Waals surface area contributed by atoms with Crippen LogP contribution in [0.3, 0.4) is 0 Å². The molecule has 0 aliphatic rings. The second kappa shape index (κ2) is 11.4. The Morgan fingerprint density at radius 2 is 1.64 bits per heavy atom. The fraction of sp³-hybridized carbons (Fsp3) is 0.364. The predicted molar refractivity (Wildman–Crippen MR) is 133 cm³/mol. The van der Waals surface area contributed by atoms with Crippen LogP contribution in [0.25, 0.3) is 0 Å². The first-order valence-electron chi connectivity index (χ1n) is 10.1. The van der Waals surface area contributed by atoms with E-state index in [0.29, 0.717) is 15.6 Å². The molecular weight excluding hydrogens is 509 g/mol. The van der Waals surface area contributed by atoms with E-state index in [1.165, 1.54) is 23.1 Å². The van der Waals surface area contributed by atoms with E-state index in [1.807, 2.05) is 13.8 Å². The maximum absolute atomic E-state index is 13.4. The van der Waals surface area contributed by atoms with Crippen molar-refractivity contribution in [2.75, 3.05) is 17.1 Å². The van der Waals surface area contributed by atoms with E-state index in [0.717, 1.165) is 10.6 Å². The lowest BCUT2D eigenvalue weighted by atomic mass is 10.1. The van der Waals surface area contributed by atoms with Gasteiger partial charge in [-0.05, 0) is 56.7 Å². The van der Waals surface area contributed by atoms with Gasteiger partial charge in [0.2, 0.25) is 21.8 Å². The molecule has 180 valence electrons. The highest BCUT2D eigenvalue weighted by atomic mass is 35.5. The number of hydrogen-bond acceptors (Lipinski definition) is 4. The number of carbonyl (C=O) groups is 2. The Balaban J connectivity index is 2.42. The molecule has 33 heavy (non-hydrogen) atoms. The van der Waals surface area contributed by atoms with Crippen molar-refractivity contribution in [2.24, 2.45) is 0 Å². The van der Waals surface area contributed by atoms with Gasteiger partial charge in [-0.15, -0.1) is 0 Å². The van der Waals surface area contributed by atoms with Gasteiger partial charge in [0, 0.05) is 22.6 Å². The number of hydrogen-bond donors (Lipinski definition) is 1. The van der Waals surface area contributed by atoms with Gasteiger partial charge in [0.1, 0.15) is 12.6 Å². The van der Waals surface area contributed by atoms with E-state index >= 15 is 0 Å². The van der Waals surface area contributed by atoms with E-state index < -0.39 is 28.5 Å². The minimum Gasteiger partial charge on any atom is -0.352 e. The molecule has 11 heteroatoms. The molecular formula is C22H26Cl3N3O4S. The number of nitrogens with zero attached hydrogens (tertiary/aromatic N) is 2. The topological polar surface area (TPSA) is 86.8 Å². The average Bonchev–Trinajstić information content (AvgIpc) is 2.69. The third-order valence-corrected chi connectivity index (χ3v) is 6.60. The van der Waals surface area contributed by atoms with Gasteiger partial charge in [0.05, 0.1) is 17.0 Å². The van der Waals surface area contributed by atoms with Crippen molar-refractivity contribution in [1.82, 2.24) is 10.2 Å². The zero-order valence-corrected chi connectivity index (χ0v) is 21.8. The molecule has 0 unspecified atom stereocenters. The second-order valence-electron chi connectivity index (χ2n) is 7.86. The Bertz CT molecular complexity index is 1130. The summed E-state index contributed by atoms with van der Waals surface area (Å²) in [7, 11) is -3.89. The maximum Gasteiger partial charge on any atom is 0.244 e. The second-order valence-corrected chi connectivity index (χ2v) is 11.0. The van der Waals surface area contributed by atoms with Gasteiger partial charge < -0.3 is 10.2 Å². The standard InChI is InChI=1S/C22H26Cl3N3O4S/c1-14(2)26-22(30)15(3)27(12-16-6-5-7-17(23)10-16)21(29)13-28(33(4,31)32)20-9-8-18(24)11-19(20)25/h5-11,14-15H,12-13H2,1-4H3,(H,26,30)/t15-/m0/s1. The summed E-state index contributed by atoms with van der Waals surface area (Å²) in [5, 5.41) is 3.66. The number of benzene rings is 2. The van der Waals surface area contributed by atoms with E-state index in [-0.39, 0.29) is 29.2 Å². The van der Waals surface area contributed by atoms with Crippen LogP contribution in [0.5, 0.6) is 0 Å². The van der Waals surface area contributed by atoms with Gasteiger partial charge in [-0.1, -0.05) is 46.9 Å². The first kappa shape index (κ1) is 27.2. The fourth-order valence-corrected chi connectivity index (χ4v) is 4.73. The number of halogens is 3. The van der Waals surface area contributed by atoms with Crippen LogP contribution >= 0.6 is 34.8 Å². The minimum atomic E-state index is -3.89. The fourth-order valence-electron chi connectivity index (χ4n) is 3.10. The molecule has 7 nitrogen and oxygen atoms in total. The van der Waals surface area contributed by atoms with Crippen molar-refractivity contribution in [1.29, 1.82) is 0 Å². The monoisotopic (exact) mass is 533 g/mol. The number of rotatable bonds is 9. The SMILES string of the molecule is CC(C)NC(=O)[C@H](C)N(Cc1cccc(Cl)c1)C(=O)CN(c1ccc(Cl)cc1Cl)S(C)(=O)=O. The number of nitrogens with one attached hydrogen (secondary N) is 1. The van der Waals surface area contributed by atoms with Crippen LogP contribution in [0.15, 0.2) is 42.5 Å².